The number of hydrogen-bond acceptors (Lipinski definition) is 7. The van der Waals surface area contributed by atoms with Gasteiger partial charge >= 0.3 is 0 Å². The predicted octanol–water partition coefficient (Wildman–Crippen LogP) is 0.520. The lowest BCUT2D eigenvalue weighted by Crippen LogP contribution is -2.53. The molecule has 0 radical (unpaired) electrons. The van der Waals surface area contributed by atoms with E-state index in [1.807, 2.05) is 19.1 Å². The van der Waals surface area contributed by atoms with Crippen molar-refractivity contribution in [3.63, 3.8) is 0 Å². The maximum absolute atomic E-state index is 13.8. The third kappa shape index (κ3) is 2.72. The Labute approximate surface area is 194 Å². The van der Waals surface area contributed by atoms with Gasteiger partial charge in [0.25, 0.3) is 0 Å². The van der Waals surface area contributed by atoms with Crippen molar-refractivity contribution in [2.24, 2.45) is 17.6 Å². The number of likely N-dealkylation sites (tertiary alicyclic amines) is 1. The number of hydrogen-bond donors (Lipinski definition) is 3. The molecule has 174 valence electrons. The van der Waals surface area contributed by atoms with Gasteiger partial charge in [-0.25, -0.2) is 0 Å². The number of primary amides is 1. The van der Waals surface area contributed by atoms with Gasteiger partial charge in [0.2, 0.25) is 30.4 Å². The molecule has 0 bridgehead atoms. The minimum atomic E-state index is -1.46. The van der Waals surface area contributed by atoms with E-state index in [1.165, 1.54) is 4.90 Å². The molecule has 10 heteroatoms. The number of fused-ring (bicyclic) bond motifs is 5. The maximum atomic E-state index is 13.8. The summed E-state index contributed by atoms with van der Waals surface area (Å²) >= 11 is 0. The summed E-state index contributed by atoms with van der Waals surface area (Å²) in [4.78, 5) is 53.8. The zero-order valence-corrected chi connectivity index (χ0v) is 18.3. The first kappa shape index (κ1) is 20.7. The van der Waals surface area contributed by atoms with Gasteiger partial charge < -0.3 is 20.5 Å². The highest BCUT2D eigenvalue weighted by Gasteiger charge is 2.70. The average Bonchev–Trinajstić information content (AvgIpc) is 3.51. The summed E-state index contributed by atoms with van der Waals surface area (Å²) in [6.45, 7) is 2.02. The molecule has 4 N–H and O–H groups in total. The van der Waals surface area contributed by atoms with Crippen molar-refractivity contribution >= 4 is 29.3 Å². The zero-order valence-electron chi connectivity index (χ0n) is 18.3. The van der Waals surface area contributed by atoms with Crippen LogP contribution in [0.2, 0.25) is 0 Å². The standard InChI is InChI=1S/C24H22N4O6/c1-11-2-4-14-13(6-11)24(23(32)26-14)20-19(15(27-24)8-18(25)29)21(30)28(22(20)31)9-12-3-5-16-17(7-12)34-10-33-16/h2-7,15,19-20,27H,8-10H2,1H3,(H2,25,29)(H,26,32)/t15-,19+,20-,24+/m0/s1. The highest BCUT2D eigenvalue weighted by molar-refractivity contribution is 6.15. The Kier molecular flexibility index (Phi) is 4.28. The quantitative estimate of drug-likeness (QED) is 0.563. The zero-order chi connectivity index (χ0) is 23.8. The van der Waals surface area contributed by atoms with Crippen molar-refractivity contribution in [3.05, 3.63) is 53.1 Å². The molecule has 0 aromatic heterocycles. The highest BCUT2D eigenvalue weighted by atomic mass is 16.7. The van der Waals surface area contributed by atoms with Crippen LogP contribution >= 0.6 is 0 Å². The second-order valence-electron chi connectivity index (χ2n) is 9.19. The summed E-state index contributed by atoms with van der Waals surface area (Å²) in [6.07, 6.45) is -0.172. The van der Waals surface area contributed by atoms with Crippen molar-refractivity contribution in [2.75, 3.05) is 12.1 Å². The molecular weight excluding hydrogens is 440 g/mol. The van der Waals surface area contributed by atoms with Crippen LogP contribution in [0.1, 0.15) is 23.1 Å². The van der Waals surface area contributed by atoms with E-state index in [-0.39, 0.29) is 19.8 Å². The second kappa shape index (κ2) is 7.04. The summed E-state index contributed by atoms with van der Waals surface area (Å²) in [5, 5.41) is 6.04. The summed E-state index contributed by atoms with van der Waals surface area (Å²) < 4.78 is 10.7. The molecule has 2 fully saturated rings. The van der Waals surface area contributed by atoms with Crippen molar-refractivity contribution in [2.45, 2.75) is 31.5 Å². The van der Waals surface area contributed by atoms with E-state index in [2.05, 4.69) is 10.6 Å². The molecule has 2 aromatic rings. The smallest absolute Gasteiger partial charge is 0.250 e. The molecule has 0 aliphatic carbocycles. The summed E-state index contributed by atoms with van der Waals surface area (Å²) in [7, 11) is 0. The lowest BCUT2D eigenvalue weighted by Gasteiger charge is -2.29. The first-order valence-corrected chi connectivity index (χ1v) is 11.0. The van der Waals surface area contributed by atoms with E-state index < -0.39 is 47.0 Å². The summed E-state index contributed by atoms with van der Waals surface area (Å²) in [5.74, 6) is -2.69. The van der Waals surface area contributed by atoms with E-state index in [9.17, 15) is 19.2 Å². The number of carbonyl (C=O) groups excluding carboxylic acids is 4. The number of nitrogens with two attached hydrogens (primary N) is 1. The van der Waals surface area contributed by atoms with Crippen LogP contribution in [-0.2, 0) is 31.3 Å². The molecule has 4 atom stereocenters. The Bertz CT molecular complexity index is 1290. The molecule has 2 saturated heterocycles. The SMILES string of the molecule is Cc1ccc2c(c1)[C@]1(N[C@@H](CC(N)=O)[C@H]3C(=O)N(Cc4ccc5c(c4)OCO5)C(=O)[C@H]31)C(=O)N2. The van der Waals surface area contributed by atoms with E-state index >= 15 is 0 Å². The lowest BCUT2D eigenvalue weighted by molar-refractivity contribution is -0.143. The molecular formula is C24H22N4O6. The maximum Gasteiger partial charge on any atom is 0.250 e. The molecule has 0 unspecified atom stereocenters. The van der Waals surface area contributed by atoms with E-state index in [1.54, 1.807) is 24.3 Å². The van der Waals surface area contributed by atoms with Gasteiger partial charge in [-0.2, -0.15) is 0 Å². The van der Waals surface area contributed by atoms with Crippen LogP contribution in [0.15, 0.2) is 36.4 Å². The Morgan fingerprint density at radius 3 is 2.71 bits per heavy atom. The van der Waals surface area contributed by atoms with E-state index in [0.29, 0.717) is 28.3 Å². The fourth-order valence-corrected chi connectivity index (χ4v) is 5.74. The van der Waals surface area contributed by atoms with Crippen LogP contribution in [0.3, 0.4) is 0 Å². The molecule has 4 heterocycles. The number of carbonyl (C=O) groups is 4. The minimum absolute atomic E-state index is 0.0168. The summed E-state index contributed by atoms with van der Waals surface area (Å²) in [5.41, 5.74) is 6.79. The Morgan fingerprint density at radius 2 is 1.91 bits per heavy atom. The number of aryl methyl sites for hydroxylation is 1. The molecule has 34 heavy (non-hydrogen) atoms. The molecule has 1 spiro atoms. The number of benzene rings is 2. The van der Waals surface area contributed by atoms with Gasteiger partial charge in [0.1, 0.15) is 5.54 Å². The minimum Gasteiger partial charge on any atom is -0.454 e. The first-order valence-electron chi connectivity index (χ1n) is 11.0. The van der Waals surface area contributed by atoms with Crippen molar-refractivity contribution in [3.8, 4) is 11.5 Å². The molecule has 4 aliphatic rings. The number of rotatable bonds is 4. The van der Waals surface area contributed by atoms with Gasteiger partial charge in [-0.3, -0.25) is 29.4 Å². The molecule has 10 nitrogen and oxygen atoms in total. The Hall–Kier alpha value is -3.92. The van der Waals surface area contributed by atoms with Gasteiger partial charge in [-0.15, -0.1) is 0 Å². The Balaban J connectivity index is 1.42. The van der Waals surface area contributed by atoms with E-state index in [4.69, 9.17) is 15.2 Å². The third-order valence-corrected chi connectivity index (χ3v) is 7.16. The van der Waals surface area contributed by atoms with Crippen molar-refractivity contribution in [1.29, 1.82) is 0 Å². The van der Waals surface area contributed by atoms with Crippen molar-refractivity contribution < 1.29 is 28.7 Å². The van der Waals surface area contributed by atoms with Gasteiger partial charge in [-0.1, -0.05) is 23.8 Å². The lowest BCUT2D eigenvalue weighted by atomic mass is 9.76. The number of imide groups is 1. The summed E-state index contributed by atoms with van der Waals surface area (Å²) in [6, 6.07) is 9.94. The van der Waals surface area contributed by atoms with Crippen LogP contribution in [0, 0.1) is 18.8 Å². The predicted molar refractivity (Wildman–Crippen MR) is 117 cm³/mol. The average molecular weight is 462 g/mol. The van der Waals surface area contributed by atoms with Gasteiger partial charge in [-0.05, 0) is 30.7 Å². The molecule has 0 saturated carbocycles. The van der Waals surface area contributed by atoms with Gasteiger partial charge in [0, 0.05) is 23.7 Å². The number of amides is 4. The molecule has 6 rings (SSSR count). The molecule has 4 aliphatic heterocycles. The largest absolute Gasteiger partial charge is 0.454 e. The van der Waals surface area contributed by atoms with Crippen molar-refractivity contribution in [1.82, 2.24) is 10.2 Å². The topological polar surface area (TPSA) is 140 Å². The second-order valence-corrected chi connectivity index (χ2v) is 9.19. The number of ether oxygens (including phenoxy) is 2. The fraction of sp³-hybridized carbons (Fsp3) is 0.333. The van der Waals surface area contributed by atoms with Crippen LogP contribution in [0.5, 0.6) is 11.5 Å². The van der Waals surface area contributed by atoms with Crippen LogP contribution in [0.4, 0.5) is 5.69 Å². The van der Waals surface area contributed by atoms with Gasteiger partial charge in [0.15, 0.2) is 11.5 Å². The first-order chi connectivity index (χ1) is 16.3. The monoisotopic (exact) mass is 462 g/mol. The van der Waals surface area contributed by atoms with Gasteiger partial charge in [0.05, 0.1) is 18.4 Å². The van der Waals surface area contributed by atoms with Crippen LogP contribution in [-0.4, -0.2) is 41.4 Å². The molecule has 4 amide bonds. The normalized spacial score (nSPS) is 28.4. The number of nitrogens with one attached hydrogen (secondary N) is 2. The number of anilines is 1. The third-order valence-electron chi connectivity index (χ3n) is 7.16. The number of nitrogens with zero attached hydrogens (tertiary/aromatic N) is 1. The fourth-order valence-electron chi connectivity index (χ4n) is 5.74. The Morgan fingerprint density at radius 1 is 1.12 bits per heavy atom. The van der Waals surface area contributed by atoms with E-state index in [0.717, 1.165) is 5.56 Å². The van der Waals surface area contributed by atoms with Crippen LogP contribution < -0.4 is 25.8 Å². The van der Waals surface area contributed by atoms with Crippen LogP contribution in [0.25, 0.3) is 0 Å². The molecule has 2 aromatic carbocycles. The highest BCUT2D eigenvalue weighted by Crippen LogP contribution is 2.53.